The van der Waals surface area contributed by atoms with Gasteiger partial charge < -0.3 is 15.1 Å². The van der Waals surface area contributed by atoms with Crippen LogP contribution in [0.3, 0.4) is 0 Å². The second-order valence-electron chi connectivity index (χ2n) is 6.22. The Kier molecular flexibility index (Phi) is 4.83. The summed E-state index contributed by atoms with van der Waals surface area (Å²) in [5, 5.41) is 3.54. The Morgan fingerprint density at radius 2 is 1.94 bits per heavy atom. The molecule has 3 heteroatoms. The molecule has 2 rings (SSSR count). The summed E-state index contributed by atoms with van der Waals surface area (Å²) in [6.07, 6.45) is 5.43. The van der Waals surface area contributed by atoms with E-state index >= 15 is 0 Å². The zero-order valence-electron chi connectivity index (χ0n) is 11.8. The zero-order chi connectivity index (χ0) is 12.3. The molecule has 0 aromatic rings. The van der Waals surface area contributed by atoms with Gasteiger partial charge in [-0.05, 0) is 72.3 Å². The molecule has 17 heavy (non-hydrogen) atoms. The van der Waals surface area contributed by atoms with Crippen molar-refractivity contribution in [3.05, 3.63) is 0 Å². The van der Waals surface area contributed by atoms with E-state index in [0.717, 1.165) is 12.0 Å². The van der Waals surface area contributed by atoms with Gasteiger partial charge in [0, 0.05) is 18.6 Å². The number of hydrogen-bond acceptors (Lipinski definition) is 3. The quantitative estimate of drug-likeness (QED) is 0.803. The molecule has 0 spiro atoms. The van der Waals surface area contributed by atoms with Crippen molar-refractivity contribution in [1.29, 1.82) is 0 Å². The number of piperidine rings is 2. The van der Waals surface area contributed by atoms with Crippen LogP contribution in [0.15, 0.2) is 0 Å². The van der Waals surface area contributed by atoms with Crippen molar-refractivity contribution in [1.82, 2.24) is 15.1 Å². The molecule has 0 radical (unpaired) electrons. The van der Waals surface area contributed by atoms with Gasteiger partial charge >= 0.3 is 0 Å². The molecule has 0 saturated carbocycles. The van der Waals surface area contributed by atoms with Crippen LogP contribution in [0.4, 0.5) is 0 Å². The first-order chi connectivity index (χ1) is 8.15. The van der Waals surface area contributed by atoms with Gasteiger partial charge in [-0.1, -0.05) is 0 Å². The van der Waals surface area contributed by atoms with Crippen LogP contribution in [0.1, 0.15) is 32.6 Å². The summed E-state index contributed by atoms with van der Waals surface area (Å²) in [7, 11) is 4.58. The summed E-state index contributed by atoms with van der Waals surface area (Å²) in [6.45, 7) is 7.41. The molecule has 2 aliphatic rings. The van der Waals surface area contributed by atoms with E-state index in [9.17, 15) is 0 Å². The summed E-state index contributed by atoms with van der Waals surface area (Å²) in [6, 6.07) is 1.51. The van der Waals surface area contributed by atoms with E-state index in [-0.39, 0.29) is 0 Å². The third-order valence-corrected chi connectivity index (χ3v) is 4.60. The number of nitrogens with zero attached hydrogens (tertiary/aromatic N) is 2. The third-order valence-electron chi connectivity index (χ3n) is 4.60. The van der Waals surface area contributed by atoms with E-state index in [1.54, 1.807) is 0 Å². The van der Waals surface area contributed by atoms with Crippen molar-refractivity contribution in [2.45, 2.75) is 44.7 Å². The highest BCUT2D eigenvalue weighted by atomic mass is 15.2. The Labute approximate surface area is 107 Å². The number of hydrogen-bond donors (Lipinski definition) is 1. The predicted octanol–water partition coefficient (Wildman–Crippen LogP) is 1.40. The molecule has 2 fully saturated rings. The normalized spacial score (nSPS) is 33.2. The molecule has 1 N–H and O–H groups in total. The van der Waals surface area contributed by atoms with Crippen LogP contribution >= 0.6 is 0 Å². The number of rotatable bonds is 3. The maximum Gasteiger partial charge on any atom is 0.0119 e. The van der Waals surface area contributed by atoms with Crippen molar-refractivity contribution in [3.8, 4) is 0 Å². The van der Waals surface area contributed by atoms with Gasteiger partial charge in [0.05, 0.1) is 0 Å². The molecule has 0 aromatic carbocycles. The van der Waals surface area contributed by atoms with E-state index in [1.807, 2.05) is 0 Å². The van der Waals surface area contributed by atoms with Crippen LogP contribution in [-0.4, -0.2) is 62.2 Å². The van der Waals surface area contributed by atoms with Crippen LogP contribution in [0.2, 0.25) is 0 Å². The maximum atomic E-state index is 3.54. The highest BCUT2D eigenvalue weighted by molar-refractivity contribution is 4.82. The predicted molar refractivity (Wildman–Crippen MR) is 73.3 cm³/mol. The van der Waals surface area contributed by atoms with Gasteiger partial charge in [0.2, 0.25) is 0 Å². The van der Waals surface area contributed by atoms with Gasteiger partial charge in [0.1, 0.15) is 0 Å². The first kappa shape index (κ1) is 13.3. The Morgan fingerprint density at radius 1 is 1.24 bits per heavy atom. The minimum Gasteiger partial charge on any atom is -0.314 e. The smallest absolute Gasteiger partial charge is 0.0119 e. The van der Waals surface area contributed by atoms with Crippen molar-refractivity contribution in [2.75, 3.05) is 40.3 Å². The Morgan fingerprint density at radius 3 is 2.59 bits per heavy atom. The Balaban J connectivity index is 1.74. The minimum absolute atomic E-state index is 0.702. The summed E-state index contributed by atoms with van der Waals surface area (Å²) in [4.78, 5) is 5.09. The molecule has 2 saturated heterocycles. The highest BCUT2D eigenvalue weighted by Gasteiger charge is 2.25. The van der Waals surface area contributed by atoms with Crippen molar-refractivity contribution in [2.24, 2.45) is 5.92 Å². The summed E-state index contributed by atoms with van der Waals surface area (Å²) in [5.41, 5.74) is 0. The molecule has 0 aromatic heterocycles. The zero-order valence-corrected chi connectivity index (χ0v) is 11.8. The number of nitrogens with one attached hydrogen (secondary N) is 1. The molecule has 0 aliphatic carbocycles. The lowest BCUT2D eigenvalue weighted by molar-refractivity contribution is 0.125. The fourth-order valence-corrected chi connectivity index (χ4v) is 3.31. The van der Waals surface area contributed by atoms with Crippen LogP contribution in [0.5, 0.6) is 0 Å². The standard InChI is InChI=1S/C14H29N3/c1-12-10-14(4-7-15-12)17(3)11-13-5-8-16(2)9-6-13/h12-15H,4-11H2,1-3H3. The molecule has 0 bridgehead atoms. The van der Waals surface area contributed by atoms with Gasteiger partial charge in [-0.2, -0.15) is 0 Å². The number of likely N-dealkylation sites (tertiary alicyclic amines) is 1. The molecular weight excluding hydrogens is 210 g/mol. The van der Waals surface area contributed by atoms with Gasteiger partial charge in [-0.25, -0.2) is 0 Å². The van der Waals surface area contributed by atoms with Crippen molar-refractivity contribution < 1.29 is 0 Å². The van der Waals surface area contributed by atoms with E-state index in [0.29, 0.717) is 6.04 Å². The molecule has 2 aliphatic heterocycles. The molecule has 0 amide bonds. The minimum atomic E-state index is 0.702. The Hall–Kier alpha value is -0.120. The van der Waals surface area contributed by atoms with E-state index in [1.165, 1.54) is 51.9 Å². The lowest BCUT2D eigenvalue weighted by Crippen LogP contribution is -2.47. The van der Waals surface area contributed by atoms with E-state index in [4.69, 9.17) is 0 Å². The lowest BCUT2D eigenvalue weighted by Gasteiger charge is -2.38. The fraction of sp³-hybridized carbons (Fsp3) is 1.00. The molecule has 2 atom stereocenters. The Bertz CT molecular complexity index is 224. The van der Waals surface area contributed by atoms with E-state index < -0.39 is 0 Å². The largest absolute Gasteiger partial charge is 0.314 e. The van der Waals surface area contributed by atoms with E-state index in [2.05, 4.69) is 36.1 Å². The first-order valence-corrected chi connectivity index (χ1v) is 7.27. The van der Waals surface area contributed by atoms with Crippen molar-refractivity contribution >= 4 is 0 Å². The summed E-state index contributed by atoms with van der Waals surface area (Å²) < 4.78 is 0. The third kappa shape index (κ3) is 3.94. The second kappa shape index (κ2) is 6.17. The summed E-state index contributed by atoms with van der Waals surface area (Å²) >= 11 is 0. The molecule has 100 valence electrons. The van der Waals surface area contributed by atoms with Crippen LogP contribution in [0.25, 0.3) is 0 Å². The average molecular weight is 239 g/mol. The average Bonchev–Trinajstić information content (AvgIpc) is 2.32. The second-order valence-corrected chi connectivity index (χ2v) is 6.22. The SMILES string of the molecule is CC1CC(N(C)CC2CCN(C)CC2)CCN1. The lowest BCUT2D eigenvalue weighted by atomic mass is 9.94. The molecular formula is C14H29N3. The van der Waals surface area contributed by atoms with Gasteiger partial charge in [0.25, 0.3) is 0 Å². The van der Waals surface area contributed by atoms with Crippen LogP contribution in [-0.2, 0) is 0 Å². The maximum absolute atomic E-state index is 3.54. The van der Waals surface area contributed by atoms with Crippen LogP contribution in [0, 0.1) is 5.92 Å². The van der Waals surface area contributed by atoms with Gasteiger partial charge in [-0.3, -0.25) is 0 Å². The monoisotopic (exact) mass is 239 g/mol. The molecule has 3 nitrogen and oxygen atoms in total. The van der Waals surface area contributed by atoms with Crippen LogP contribution < -0.4 is 5.32 Å². The van der Waals surface area contributed by atoms with Gasteiger partial charge in [0.15, 0.2) is 0 Å². The first-order valence-electron chi connectivity index (χ1n) is 7.27. The molecule has 2 unspecified atom stereocenters. The van der Waals surface area contributed by atoms with Crippen molar-refractivity contribution in [3.63, 3.8) is 0 Å². The fourth-order valence-electron chi connectivity index (χ4n) is 3.31. The topological polar surface area (TPSA) is 18.5 Å². The van der Waals surface area contributed by atoms with Gasteiger partial charge in [-0.15, -0.1) is 0 Å². The highest BCUT2D eigenvalue weighted by Crippen LogP contribution is 2.20. The summed E-state index contributed by atoms with van der Waals surface area (Å²) in [5.74, 6) is 0.932. The molecule has 2 heterocycles.